The molecule has 0 bridgehead atoms. The van der Waals surface area contributed by atoms with Gasteiger partial charge in [0.25, 0.3) is 5.91 Å². The highest BCUT2D eigenvalue weighted by Gasteiger charge is 2.43. The molecule has 2 atom stereocenters. The summed E-state index contributed by atoms with van der Waals surface area (Å²) < 4.78 is 5.00. The van der Waals surface area contributed by atoms with Crippen molar-refractivity contribution in [1.82, 2.24) is 14.9 Å². The van der Waals surface area contributed by atoms with Gasteiger partial charge in [0.2, 0.25) is 6.23 Å². The van der Waals surface area contributed by atoms with E-state index >= 15 is 0 Å². The van der Waals surface area contributed by atoms with E-state index < -0.39 is 17.6 Å². The predicted octanol–water partition coefficient (Wildman–Crippen LogP) is 2.40. The monoisotopic (exact) mass is 338 g/mol. The average molecular weight is 339 g/mol. The van der Waals surface area contributed by atoms with Gasteiger partial charge in [0, 0.05) is 30.2 Å². The fourth-order valence-corrected chi connectivity index (χ4v) is 2.31. The van der Waals surface area contributed by atoms with Gasteiger partial charge in [-0.3, -0.25) is 9.78 Å². The van der Waals surface area contributed by atoms with Crippen LogP contribution in [0, 0.1) is 0 Å². The molecule has 0 saturated heterocycles. The summed E-state index contributed by atoms with van der Waals surface area (Å²) in [6.07, 6.45) is 7.94. The zero-order chi connectivity index (χ0) is 15.7. The molecule has 0 aromatic carbocycles. The first-order chi connectivity index (χ1) is 10.6. The van der Waals surface area contributed by atoms with E-state index in [0.29, 0.717) is 0 Å². The van der Waals surface area contributed by atoms with Crippen LogP contribution in [0.1, 0.15) is 22.4 Å². The highest BCUT2D eigenvalue weighted by atomic mass is 35.5. The number of aliphatic imine (C=N–C) groups is 1. The molecule has 0 N–H and O–H groups in total. The largest absolute Gasteiger partial charge is 0.423 e. The highest BCUT2D eigenvalue weighted by Crippen LogP contribution is 2.33. The van der Waals surface area contributed by atoms with E-state index in [1.807, 2.05) is 0 Å². The molecular formula is C13H8Cl2N4O3. The number of alkyl halides is 1. The summed E-state index contributed by atoms with van der Waals surface area (Å²) in [5.41, 5.74) is -0.782. The Bertz CT molecular complexity index is 732. The number of aromatic nitrogens is 2. The number of ether oxygens (including phenoxy) is 1. The number of amidine groups is 1. The van der Waals surface area contributed by atoms with E-state index in [4.69, 9.17) is 27.9 Å². The second-order valence-electron chi connectivity index (χ2n) is 4.31. The molecule has 2 aliphatic rings. The van der Waals surface area contributed by atoms with Crippen LogP contribution in [0.2, 0.25) is 0 Å². The fraction of sp³-hybridized carbons (Fsp3) is 0.154. The molecule has 9 heteroatoms. The number of fused-ring (bicyclic) bond motifs is 1. The van der Waals surface area contributed by atoms with Gasteiger partial charge in [0.1, 0.15) is 11.5 Å². The lowest BCUT2D eigenvalue weighted by Gasteiger charge is -2.22. The number of nitrogens with zero attached hydrogens (tertiary/aromatic N) is 4. The average Bonchev–Trinajstić information content (AvgIpc) is 2.63. The predicted molar refractivity (Wildman–Crippen MR) is 78.6 cm³/mol. The third-order valence-electron chi connectivity index (χ3n) is 2.97. The van der Waals surface area contributed by atoms with Crippen LogP contribution in [0.25, 0.3) is 0 Å². The van der Waals surface area contributed by atoms with Gasteiger partial charge in [0.05, 0.1) is 5.38 Å². The van der Waals surface area contributed by atoms with E-state index in [-0.39, 0.29) is 22.6 Å². The van der Waals surface area contributed by atoms with Gasteiger partial charge in [-0.25, -0.2) is 19.7 Å². The van der Waals surface area contributed by atoms with Crippen molar-refractivity contribution in [3.8, 4) is 0 Å². The van der Waals surface area contributed by atoms with Crippen LogP contribution < -0.4 is 0 Å². The molecular weight excluding hydrogens is 331 g/mol. The molecule has 112 valence electrons. The smallest absolute Gasteiger partial charge is 0.406 e. The molecule has 2 aliphatic heterocycles. The maximum atomic E-state index is 12.5. The Balaban J connectivity index is 2.05. The number of allylic oxidation sites excluding steroid dienone is 2. The van der Waals surface area contributed by atoms with E-state index in [9.17, 15) is 9.59 Å². The van der Waals surface area contributed by atoms with E-state index in [1.54, 1.807) is 18.2 Å². The molecule has 1 amide bonds. The van der Waals surface area contributed by atoms with E-state index in [2.05, 4.69) is 15.0 Å². The number of carbonyl (C=O) groups excluding carboxylic acids is 2. The van der Waals surface area contributed by atoms with Gasteiger partial charge in [-0.2, -0.15) is 0 Å². The maximum absolute atomic E-state index is 12.5. The molecule has 3 heterocycles. The number of hydrogen-bond donors (Lipinski definition) is 0. The summed E-state index contributed by atoms with van der Waals surface area (Å²) in [7, 11) is 0. The minimum absolute atomic E-state index is 0.0807. The Morgan fingerprint density at radius 2 is 2.05 bits per heavy atom. The van der Waals surface area contributed by atoms with E-state index in [0.717, 1.165) is 4.90 Å². The number of rotatable bonds is 1. The molecule has 22 heavy (non-hydrogen) atoms. The van der Waals surface area contributed by atoms with Gasteiger partial charge in [-0.1, -0.05) is 6.08 Å². The zero-order valence-corrected chi connectivity index (χ0v) is 12.4. The third kappa shape index (κ3) is 2.60. The standard InChI is InChI=1S/C13H8Cl2N4O3/c14-7-1-2-8(16-4-3-7)19-11(20)9-10(18-6-5-17-9)12(19)22-13(15)21/h1-7,12H. The molecule has 2 unspecified atom stereocenters. The summed E-state index contributed by atoms with van der Waals surface area (Å²) in [4.78, 5) is 36.9. The number of halogens is 2. The van der Waals surface area contributed by atoms with Gasteiger partial charge in [-0.15, -0.1) is 11.6 Å². The van der Waals surface area contributed by atoms with Gasteiger partial charge >= 0.3 is 5.43 Å². The molecule has 0 spiro atoms. The number of amides is 1. The van der Waals surface area contributed by atoms with Crippen molar-refractivity contribution >= 4 is 40.4 Å². The van der Waals surface area contributed by atoms with Crippen LogP contribution in [0.15, 0.2) is 41.8 Å². The third-order valence-corrected chi connectivity index (χ3v) is 3.35. The summed E-state index contributed by atoms with van der Waals surface area (Å²) in [6.45, 7) is 0. The molecule has 0 saturated carbocycles. The van der Waals surface area contributed by atoms with Crippen molar-refractivity contribution in [2.45, 2.75) is 11.6 Å². The lowest BCUT2D eigenvalue weighted by Crippen LogP contribution is -2.35. The zero-order valence-electron chi connectivity index (χ0n) is 10.9. The van der Waals surface area contributed by atoms with Crippen molar-refractivity contribution in [2.24, 2.45) is 4.99 Å². The second kappa shape index (κ2) is 5.86. The van der Waals surface area contributed by atoms with Crippen LogP contribution >= 0.6 is 23.2 Å². The van der Waals surface area contributed by atoms with Crippen LogP contribution in [0.3, 0.4) is 0 Å². The SMILES string of the molecule is O=C(Cl)OC1c2nccnc2C(=O)N1C1=NC=CC(Cl)C=C1. The Morgan fingerprint density at radius 3 is 2.82 bits per heavy atom. The van der Waals surface area contributed by atoms with Crippen molar-refractivity contribution in [1.29, 1.82) is 0 Å². The second-order valence-corrected chi connectivity index (χ2v) is 5.12. The quantitative estimate of drug-likeness (QED) is 0.579. The first-order valence-corrected chi connectivity index (χ1v) is 6.96. The minimum Gasteiger partial charge on any atom is -0.423 e. The maximum Gasteiger partial charge on any atom is 0.406 e. The Hall–Kier alpha value is -2.25. The van der Waals surface area contributed by atoms with Crippen molar-refractivity contribution in [3.63, 3.8) is 0 Å². The van der Waals surface area contributed by atoms with Crippen molar-refractivity contribution in [3.05, 3.63) is 48.2 Å². The van der Waals surface area contributed by atoms with Crippen molar-refractivity contribution < 1.29 is 14.3 Å². The highest BCUT2D eigenvalue weighted by molar-refractivity contribution is 6.61. The lowest BCUT2D eigenvalue weighted by atomic mass is 10.3. The van der Waals surface area contributed by atoms with Crippen LogP contribution in [-0.4, -0.2) is 37.4 Å². The molecule has 1 aromatic rings. The Morgan fingerprint density at radius 1 is 1.27 bits per heavy atom. The topological polar surface area (TPSA) is 84.8 Å². The summed E-state index contributed by atoms with van der Waals surface area (Å²) in [6, 6.07) is 0. The number of hydrogen-bond acceptors (Lipinski definition) is 6. The molecule has 0 radical (unpaired) electrons. The molecule has 7 nitrogen and oxygen atoms in total. The first-order valence-electron chi connectivity index (χ1n) is 6.15. The molecule has 0 aliphatic carbocycles. The lowest BCUT2D eigenvalue weighted by molar-refractivity contribution is 0.0394. The molecule has 0 fully saturated rings. The van der Waals surface area contributed by atoms with Gasteiger partial charge < -0.3 is 4.74 Å². The normalized spacial score (nSPS) is 23.1. The first kappa shape index (κ1) is 14.7. The molecule has 3 rings (SSSR count). The fourth-order valence-electron chi connectivity index (χ4n) is 2.09. The summed E-state index contributed by atoms with van der Waals surface area (Å²) in [5.74, 6) is -0.247. The van der Waals surface area contributed by atoms with Gasteiger partial charge in [0.15, 0.2) is 5.69 Å². The van der Waals surface area contributed by atoms with Crippen LogP contribution in [-0.2, 0) is 4.74 Å². The number of carbonyl (C=O) groups is 2. The van der Waals surface area contributed by atoms with Gasteiger partial charge in [-0.05, 0) is 12.2 Å². The van der Waals surface area contributed by atoms with Crippen LogP contribution in [0.4, 0.5) is 4.79 Å². The Labute approximate surface area is 134 Å². The Kier molecular flexibility index (Phi) is 3.91. The minimum atomic E-state index is -1.12. The van der Waals surface area contributed by atoms with Crippen molar-refractivity contribution in [2.75, 3.05) is 0 Å². The summed E-state index contributed by atoms with van der Waals surface area (Å²) >= 11 is 11.2. The van der Waals surface area contributed by atoms with Crippen LogP contribution in [0.5, 0.6) is 0 Å². The van der Waals surface area contributed by atoms with E-state index in [1.165, 1.54) is 18.6 Å². The summed E-state index contributed by atoms with van der Waals surface area (Å²) in [5, 5.41) is -0.355. The molecule has 1 aromatic heterocycles.